The van der Waals surface area contributed by atoms with Crippen LogP contribution in [0.4, 0.5) is 5.69 Å². The molecule has 0 aliphatic carbocycles. The number of rotatable bonds is 3. The third-order valence-electron chi connectivity index (χ3n) is 3.50. The van der Waals surface area contributed by atoms with Gasteiger partial charge in [0.05, 0.1) is 19.9 Å². The van der Waals surface area contributed by atoms with Crippen molar-refractivity contribution in [3.63, 3.8) is 0 Å². The van der Waals surface area contributed by atoms with Crippen molar-refractivity contribution in [3.8, 4) is 11.5 Å². The summed E-state index contributed by atoms with van der Waals surface area (Å²) in [7, 11) is 3.21. The van der Waals surface area contributed by atoms with Crippen LogP contribution in [0.25, 0.3) is 11.6 Å². The van der Waals surface area contributed by atoms with E-state index in [0.717, 1.165) is 21.3 Å². The summed E-state index contributed by atoms with van der Waals surface area (Å²) in [6.45, 7) is 0. The van der Waals surface area contributed by atoms with Crippen LogP contribution in [0, 0.1) is 0 Å². The predicted molar refractivity (Wildman–Crippen MR) is 90.2 cm³/mol. The average molecular weight is 360 g/mol. The summed E-state index contributed by atoms with van der Waals surface area (Å²) in [5, 5.41) is 2.87. The molecule has 0 unspecified atom stereocenters. The van der Waals surface area contributed by atoms with Crippen LogP contribution in [-0.2, 0) is 4.79 Å². The van der Waals surface area contributed by atoms with Crippen molar-refractivity contribution in [2.24, 2.45) is 0 Å². The first-order valence-corrected chi connectivity index (χ1v) is 7.46. The summed E-state index contributed by atoms with van der Waals surface area (Å²) in [5.41, 5.74) is 3.07. The van der Waals surface area contributed by atoms with Gasteiger partial charge in [0.25, 0.3) is 5.91 Å². The molecule has 1 aliphatic heterocycles. The smallest absolute Gasteiger partial charge is 0.256 e. The first-order valence-electron chi connectivity index (χ1n) is 6.67. The Hall–Kier alpha value is -2.27. The second-order valence-electron chi connectivity index (χ2n) is 4.81. The van der Waals surface area contributed by atoms with E-state index in [1.165, 1.54) is 0 Å². The van der Waals surface area contributed by atoms with Crippen molar-refractivity contribution in [2.75, 3.05) is 19.5 Å². The molecule has 5 heteroatoms. The minimum absolute atomic E-state index is 0.127. The third-order valence-corrected chi connectivity index (χ3v) is 3.99. The lowest BCUT2D eigenvalue weighted by Gasteiger charge is -2.08. The fourth-order valence-electron chi connectivity index (χ4n) is 2.42. The highest BCUT2D eigenvalue weighted by atomic mass is 79.9. The van der Waals surface area contributed by atoms with Gasteiger partial charge in [0, 0.05) is 21.2 Å². The van der Waals surface area contributed by atoms with E-state index in [4.69, 9.17) is 9.47 Å². The molecule has 0 atom stereocenters. The number of fused-ring (bicyclic) bond motifs is 1. The maximum absolute atomic E-state index is 12.2. The summed E-state index contributed by atoms with van der Waals surface area (Å²) in [4.78, 5) is 12.2. The SMILES string of the molecule is COc1ccc(OC)c(/C=C2\C(=O)Nc3cc(Br)ccc32)c1. The van der Waals surface area contributed by atoms with Crippen LogP contribution >= 0.6 is 15.9 Å². The Balaban J connectivity index is 2.12. The van der Waals surface area contributed by atoms with E-state index in [1.807, 2.05) is 42.5 Å². The summed E-state index contributed by atoms with van der Waals surface area (Å²) in [5.74, 6) is 1.27. The fourth-order valence-corrected chi connectivity index (χ4v) is 2.78. The topological polar surface area (TPSA) is 47.6 Å². The fraction of sp³-hybridized carbons (Fsp3) is 0.118. The van der Waals surface area contributed by atoms with E-state index in [2.05, 4.69) is 21.2 Å². The van der Waals surface area contributed by atoms with Gasteiger partial charge in [-0.15, -0.1) is 0 Å². The van der Waals surface area contributed by atoms with Gasteiger partial charge in [-0.25, -0.2) is 0 Å². The molecular weight excluding hydrogens is 346 g/mol. The molecule has 1 aliphatic rings. The Labute approximate surface area is 136 Å². The van der Waals surface area contributed by atoms with E-state index in [1.54, 1.807) is 14.2 Å². The quantitative estimate of drug-likeness (QED) is 0.843. The minimum atomic E-state index is -0.127. The molecule has 0 aromatic heterocycles. The number of hydrogen-bond donors (Lipinski definition) is 1. The summed E-state index contributed by atoms with van der Waals surface area (Å²) in [6, 6.07) is 11.2. The van der Waals surface area contributed by atoms with E-state index < -0.39 is 0 Å². The predicted octanol–water partition coefficient (Wildman–Crippen LogP) is 3.96. The van der Waals surface area contributed by atoms with Gasteiger partial charge in [-0.05, 0) is 36.4 Å². The second kappa shape index (κ2) is 5.85. The van der Waals surface area contributed by atoms with Crippen LogP contribution in [0.15, 0.2) is 40.9 Å². The normalized spacial score (nSPS) is 14.7. The summed E-state index contributed by atoms with van der Waals surface area (Å²) < 4.78 is 11.5. The van der Waals surface area contributed by atoms with Crippen LogP contribution in [0.2, 0.25) is 0 Å². The maximum atomic E-state index is 12.2. The van der Waals surface area contributed by atoms with E-state index in [-0.39, 0.29) is 5.91 Å². The highest BCUT2D eigenvalue weighted by Crippen LogP contribution is 2.36. The highest BCUT2D eigenvalue weighted by Gasteiger charge is 2.24. The zero-order valence-corrected chi connectivity index (χ0v) is 13.7. The number of hydrogen-bond acceptors (Lipinski definition) is 3. The Morgan fingerprint density at radius 1 is 1.09 bits per heavy atom. The van der Waals surface area contributed by atoms with Crippen LogP contribution in [0.1, 0.15) is 11.1 Å². The van der Waals surface area contributed by atoms with Crippen molar-refractivity contribution in [2.45, 2.75) is 0 Å². The van der Waals surface area contributed by atoms with Gasteiger partial charge in [-0.2, -0.15) is 0 Å². The molecule has 0 fully saturated rings. The molecule has 1 amide bonds. The van der Waals surface area contributed by atoms with Crippen molar-refractivity contribution < 1.29 is 14.3 Å². The number of carbonyl (C=O) groups excluding carboxylic acids is 1. The molecular formula is C17H14BrNO3. The number of carbonyl (C=O) groups is 1. The molecule has 0 bridgehead atoms. The Morgan fingerprint density at radius 3 is 2.64 bits per heavy atom. The Bertz CT molecular complexity index is 783. The van der Waals surface area contributed by atoms with Crippen LogP contribution in [-0.4, -0.2) is 20.1 Å². The number of methoxy groups -OCH3 is 2. The van der Waals surface area contributed by atoms with Crippen molar-refractivity contribution in [3.05, 3.63) is 52.0 Å². The van der Waals surface area contributed by atoms with Crippen LogP contribution < -0.4 is 14.8 Å². The molecule has 4 nitrogen and oxygen atoms in total. The van der Waals surface area contributed by atoms with Crippen molar-refractivity contribution in [1.82, 2.24) is 0 Å². The standard InChI is InChI=1S/C17H14BrNO3/c1-21-12-4-6-16(22-2)10(7-12)8-14-13-5-3-11(18)9-15(13)19-17(14)20/h3-9H,1-2H3,(H,19,20)/b14-8-. The number of nitrogens with one attached hydrogen (secondary N) is 1. The van der Waals surface area contributed by atoms with E-state index >= 15 is 0 Å². The molecule has 0 saturated carbocycles. The molecule has 22 heavy (non-hydrogen) atoms. The minimum Gasteiger partial charge on any atom is -0.497 e. The highest BCUT2D eigenvalue weighted by molar-refractivity contribution is 9.10. The van der Waals surface area contributed by atoms with Gasteiger partial charge < -0.3 is 14.8 Å². The van der Waals surface area contributed by atoms with Gasteiger partial charge in [-0.1, -0.05) is 22.0 Å². The maximum Gasteiger partial charge on any atom is 0.256 e. The molecule has 3 rings (SSSR count). The number of halogens is 1. The molecule has 0 radical (unpaired) electrons. The molecule has 1 N–H and O–H groups in total. The number of ether oxygens (including phenoxy) is 2. The van der Waals surface area contributed by atoms with Crippen molar-refractivity contribution in [1.29, 1.82) is 0 Å². The molecule has 112 valence electrons. The zero-order valence-electron chi connectivity index (χ0n) is 12.1. The van der Waals surface area contributed by atoms with Crippen LogP contribution in [0.5, 0.6) is 11.5 Å². The second-order valence-corrected chi connectivity index (χ2v) is 5.73. The molecule has 1 heterocycles. The number of anilines is 1. The summed E-state index contributed by atoms with van der Waals surface area (Å²) in [6.07, 6.45) is 1.82. The summed E-state index contributed by atoms with van der Waals surface area (Å²) >= 11 is 3.41. The number of benzene rings is 2. The lowest BCUT2D eigenvalue weighted by molar-refractivity contribution is -0.110. The lowest BCUT2D eigenvalue weighted by atomic mass is 10.0. The van der Waals surface area contributed by atoms with Gasteiger partial charge in [-0.3, -0.25) is 4.79 Å². The first kappa shape index (κ1) is 14.7. The Morgan fingerprint density at radius 2 is 1.91 bits per heavy atom. The number of amides is 1. The largest absolute Gasteiger partial charge is 0.497 e. The van der Waals surface area contributed by atoms with Crippen LogP contribution in [0.3, 0.4) is 0 Å². The van der Waals surface area contributed by atoms with E-state index in [0.29, 0.717) is 17.1 Å². The average Bonchev–Trinajstić information content (AvgIpc) is 2.82. The molecule has 2 aromatic carbocycles. The Kier molecular flexibility index (Phi) is 3.90. The molecule has 0 spiro atoms. The molecule has 0 saturated heterocycles. The first-order chi connectivity index (χ1) is 10.6. The van der Waals surface area contributed by atoms with Gasteiger partial charge >= 0.3 is 0 Å². The zero-order chi connectivity index (χ0) is 15.7. The lowest BCUT2D eigenvalue weighted by Crippen LogP contribution is -2.03. The van der Waals surface area contributed by atoms with Gasteiger partial charge in [0.1, 0.15) is 11.5 Å². The van der Waals surface area contributed by atoms with Gasteiger partial charge in [0.15, 0.2) is 0 Å². The third kappa shape index (κ3) is 2.60. The van der Waals surface area contributed by atoms with E-state index in [9.17, 15) is 4.79 Å². The molecule has 2 aromatic rings. The van der Waals surface area contributed by atoms with Gasteiger partial charge in [0.2, 0.25) is 0 Å². The monoisotopic (exact) mass is 359 g/mol. The van der Waals surface area contributed by atoms with Crippen molar-refractivity contribution >= 4 is 39.2 Å².